The molecule has 1 N–H and O–H groups in total. The third-order valence-corrected chi connectivity index (χ3v) is 8.52. The second-order valence-corrected chi connectivity index (χ2v) is 13.4. The average molecular weight is 555 g/mol. The molecule has 0 aliphatic heterocycles. The van der Waals surface area contributed by atoms with E-state index >= 15 is 0 Å². The van der Waals surface area contributed by atoms with E-state index < -0.39 is 0 Å². The van der Waals surface area contributed by atoms with Crippen LogP contribution < -0.4 is 0 Å². The van der Waals surface area contributed by atoms with E-state index in [1.807, 2.05) is 0 Å². The Kier molecular flexibility index (Phi) is 30.7. The van der Waals surface area contributed by atoms with Gasteiger partial charge in [-0.05, 0) is 19.3 Å². The number of aliphatic hydroxyl groups excluding tert-OH is 1. The molecule has 0 heterocycles. The fourth-order valence-corrected chi connectivity index (χ4v) is 5.89. The van der Waals surface area contributed by atoms with Crippen molar-refractivity contribution >= 4 is 0 Å². The second kappa shape index (κ2) is 30.8. The molecule has 0 aliphatic carbocycles. The lowest BCUT2D eigenvalue weighted by Crippen LogP contribution is -2.47. The minimum absolute atomic E-state index is 0.339. The third-order valence-electron chi connectivity index (χ3n) is 8.52. The van der Waals surface area contributed by atoms with Crippen LogP contribution in [0.4, 0.5) is 0 Å². The highest BCUT2D eigenvalue weighted by Crippen LogP contribution is 2.15. The predicted octanol–water partition coefficient (Wildman–Crippen LogP) is 11.0. The normalized spacial score (nSPS) is 12.8. The van der Waals surface area contributed by atoms with Gasteiger partial charge in [0.15, 0.2) is 0 Å². The number of unbranched alkanes of at least 4 members (excludes halogenated alkanes) is 25. The monoisotopic (exact) mass is 555 g/mol. The number of hydrogen-bond donors (Lipinski definition) is 1. The van der Waals surface area contributed by atoms with Crippen molar-refractivity contribution in [1.29, 1.82) is 0 Å². The molecule has 0 spiro atoms. The third kappa shape index (κ3) is 32.3. The Morgan fingerprint density at radius 3 is 1.13 bits per heavy atom. The van der Waals surface area contributed by atoms with Gasteiger partial charge < -0.3 is 14.3 Å². The van der Waals surface area contributed by atoms with Gasteiger partial charge in [0.1, 0.15) is 12.6 Å². The standard InChI is InChI=1S/C36H76NO2/c1-5-7-9-11-13-15-17-18-19-20-21-22-24-26-28-30-32-37(3,4)34-36(38)35-39-33-31-29-27-25-23-16-14-12-10-8-6-2/h36,38H,5-35H2,1-4H3/q+1. The molecule has 0 aliphatic rings. The van der Waals surface area contributed by atoms with Crippen LogP contribution in [0.2, 0.25) is 0 Å². The van der Waals surface area contributed by atoms with Crippen molar-refractivity contribution in [2.75, 3.05) is 40.4 Å². The van der Waals surface area contributed by atoms with Crippen molar-refractivity contribution in [2.24, 2.45) is 0 Å². The molecule has 39 heavy (non-hydrogen) atoms. The molecule has 1 atom stereocenters. The SMILES string of the molecule is CCCCCCCCCCCCCCCCCC[N+](C)(C)CC(O)COCCCCCCCCCCCCC. The van der Waals surface area contributed by atoms with E-state index in [1.165, 1.54) is 167 Å². The van der Waals surface area contributed by atoms with Gasteiger partial charge in [-0.1, -0.05) is 168 Å². The minimum Gasteiger partial charge on any atom is -0.385 e. The van der Waals surface area contributed by atoms with Gasteiger partial charge >= 0.3 is 0 Å². The summed E-state index contributed by atoms with van der Waals surface area (Å²) in [6.07, 6.45) is 37.3. The summed E-state index contributed by atoms with van der Waals surface area (Å²) in [7, 11) is 4.52. The van der Waals surface area contributed by atoms with Gasteiger partial charge in [-0.15, -0.1) is 0 Å². The maximum Gasteiger partial charge on any atom is 0.126 e. The number of nitrogens with zero attached hydrogens (tertiary/aromatic N) is 1. The number of ether oxygens (including phenoxy) is 1. The Morgan fingerprint density at radius 2 is 0.769 bits per heavy atom. The number of likely N-dealkylation sites (N-methyl/N-ethyl adjacent to an activating group) is 1. The molecule has 1 unspecified atom stereocenters. The van der Waals surface area contributed by atoms with Crippen molar-refractivity contribution in [1.82, 2.24) is 0 Å². The Morgan fingerprint density at radius 1 is 0.462 bits per heavy atom. The van der Waals surface area contributed by atoms with Crippen LogP contribution in [0.3, 0.4) is 0 Å². The zero-order valence-electron chi connectivity index (χ0n) is 27.8. The molecule has 0 aromatic rings. The topological polar surface area (TPSA) is 29.5 Å². The molecular formula is C36H76NO2+. The van der Waals surface area contributed by atoms with Crippen LogP contribution >= 0.6 is 0 Å². The summed E-state index contributed by atoms with van der Waals surface area (Å²) in [4.78, 5) is 0. The zero-order chi connectivity index (χ0) is 28.7. The predicted molar refractivity (Wildman–Crippen MR) is 175 cm³/mol. The molecule has 0 bridgehead atoms. The average Bonchev–Trinajstić information content (AvgIpc) is 2.90. The highest BCUT2D eigenvalue weighted by molar-refractivity contribution is 4.55. The summed E-state index contributed by atoms with van der Waals surface area (Å²) in [5.74, 6) is 0. The molecule has 0 amide bonds. The summed E-state index contributed by atoms with van der Waals surface area (Å²) in [5, 5.41) is 10.5. The molecule has 0 aromatic heterocycles. The lowest BCUT2D eigenvalue weighted by molar-refractivity contribution is -0.893. The first kappa shape index (κ1) is 38.9. The Balaban J connectivity index is 3.40. The maximum atomic E-state index is 10.5. The van der Waals surface area contributed by atoms with Crippen LogP contribution in [0, 0.1) is 0 Å². The summed E-state index contributed by atoms with van der Waals surface area (Å²) < 4.78 is 6.70. The van der Waals surface area contributed by atoms with Crippen molar-refractivity contribution in [2.45, 2.75) is 193 Å². The van der Waals surface area contributed by atoms with E-state index in [-0.39, 0.29) is 6.10 Å². The van der Waals surface area contributed by atoms with Gasteiger partial charge in [0.05, 0.1) is 27.2 Å². The molecule has 3 nitrogen and oxygen atoms in total. The molecule has 0 saturated heterocycles. The van der Waals surface area contributed by atoms with Gasteiger partial charge in [0.2, 0.25) is 0 Å². The fourth-order valence-electron chi connectivity index (χ4n) is 5.89. The second-order valence-electron chi connectivity index (χ2n) is 13.4. The summed E-state index contributed by atoms with van der Waals surface area (Å²) in [6, 6.07) is 0. The van der Waals surface area contributed by atoms with Crippen molar-refractivity contribution < 1.29 is 14.3 Å². The Bertz CT molecular complexity index is 453. The van der Waals surface area contributed by atoms with E-state index in [4.69, 9.17) is 4.74 Å². The summed E-state index contributed by atoms with van der Waals surface area (Å²) in [6.45, 7) is 7.85. The Hall–Kier alpha value is -0.120. The molecular weight excluding hydrogens is 478 g/mol. The lowest BCUT2D eigenvalue weighted by Gasteiger charge is -2.32. The quantitative estimate of drug-likeness (QED) is 0.0645. The first-order valence-electron chi connectivity index (χ1n) is 18.1. The molecule has 0 radical (unpaired) electrons. The van der Waals surface area contributed by atoms with Gasteiger partial charge in [-0.2, -0.15) is 0 Å². The van der Waals surface area contributed by atoms with E-state index in [9.17, 15) is 5.11 Å². The van der Waals surface area contributed by atoms with Gasteiger partial charge in [0.25, 0.3) is 0 Å². The van der Waals surface area contributed by atoms with Crippen LogP contribution in [0.5, 0.6) is 0 Å². The molecule has 0 fully saturated rings. The molecule has 236 valence electrons. The van der Waals surface area contributed by atoms with E-state index in [2.05, 4.69) is 27.9 Å². The van der Waals surface area contributed by atoms with Crippen molar-refractivity contribution in [3.05, 3.63) is 0 Å². The number of rotatable bonds is 33. The Labute approximate surface area is 247 Å². The van der Waals surface area contributed by atoms with E-state index in [1.54, 1.807) is 0 Å². The van der Waals surface area contributed by atoms with Crippen molar-refractivity contribution in [3.63, 3.8) is 0 Å². The van der Waals surface area contributed by atoms with E-state index in [0.29, 0.717) is 6.61 Å². The number of hydrogen-bond acceptors (Lipinski definition) is 2. The van der Waals surface area contributed by atoms with Crippen LogP contribution in [-0.4, -0.2) is 56.1 Å². The van der Waals surface area contributed by atoms with E-state index in [0.717, 1.165) is 30.6 Å². The van der Waals surface area contributed by atoms with Crippen LogP contribution in [0.25, 0.3) is 0 Å². The minimum atomic E-state index is -0.339. The van der Waals surface area contributed by atoms with Crippen LogP contribution in [0.15, 0.2) is 0 Å². The van der Waals surface area contributed by atoms with Crippen molar-refractivity contribution in [3.8, 4) is 0 Å². The molecule has 0 aromatic carbocycles. The molecule has 0 rings (SSSR count). The fraction of sp³-hybridized carbons (Fsp3) is 1.00. The summed E-state index contributed by atoms with van der Waals surface area (Å²) in [5.41, 5.74) is 0. The maximum absolute atomic E-state index is 10.5. The van der Waals surface area contributed by atoms with Gasteiger partial charge in [-0.25, -0.2) is 0 Å². The largest absolute Gasteiger partial charge is 0.385 e. The zero-order valence-corrected chi connectivity index (χ0v) is 27.8. The highest BCUT2D eigenvalue weighted by atomic mass is 16.5. The summed E-state index contributed by atoms with van der Waals surface area (Å²) >= 11 is 0. The molecule has 3 heteroatoms. The van der Waals surface area contributed by atoms with Crippen LogP contribution in [0.1, 0.15) is 187 Å². The van der Waals surface area contributed by atoms with Crippen LogP contribution in [-0.2, 0) is 4.74 Å². The highest BCUT2D eigenvalue weighted by Gasteiger charge is 2.20. The smallest absolute Gasteiger partial charge is 0.126 e. The van der Waals surface area contributed by atoms with Gasteiger partial charge in [0, 0.05) is 6.61 Å². The number of aliphatic hydroxyl groups is 1. The molecule has 0 saturated carbocycles. The number of quaternary nitrogens is 1. The lowest BCUT2D eigenvalue weighted by atomic mass is 10.0. The first-order valence-corrected chi connectivity index (χ1v) is 18.1. The van der Waals surface area contributed by atoms with Gasteiger partial charge in [-0.3, -0.25) is 0 Å². The first-order chi connectivity index (χ1) is 19.0.